The highest BCUT2D eigenvalue weighted by Gasteiger charge is 2.36. The van der Waals surface area contributed by atoms with E-state index in [1.807, 2.05) is 18.7 Å². The largest absolute Gasteiger partial charge is 0.386 e. The van der Waals surface area contributed by atoms with Gasteiger partial charge in [0.15, 0.2) is 0 Å². The molecule has 1 aliphatic rings. The van der Waals surface area contributed by atoms with Crippen LogP contribution in [0.25, 0.3) is 0 Å². The van der Waals surface area contributed by atoms with Crippen molar-refractivity contribution in [2.45, 2.75) is 38.2 Å². The van der Waals surface area contributed by atoms with Crippen LogP contribution in [0.1, 0.15) is 48.9 Å². The number of rotatable bonds is 5. The molecule has 0 bridgehead atoms. The maximum Gasteiger partial charge on any atom is 0.292 e. The predicted octanol–water partition coefficient (Wildman–Crippen LogP) is 1.69. The van der Waals surface area contributed by atoms with Crippen LogP contribution in [0.5, 0.6) is 0 Å². The van der Waals surface area contributed by atoms with Crippen molar-refractivity contribution in [2.24, 2.45) is 0 Å². The molecule has 0 spiro atoms. The van der Waals surface area contributed by atoms with Crippen LogP contribution in [0, 0.1) is 0 Å². The first-order valence-corrected chi connectivity index (χ1v) is 8.83. The molecule has 3 heterocycles. The maximum atomic E-state index is 12.6. The third kappa shape index (κ3) is 4.01. The van der Waals surface area contributed by atoms with Gasteiger partial charge >= 0.3 is 0 Å². The standard InChI is InChI=1S/C18H25N5O3/c1-13(2)14-9-15(26-21-14)17(24)22(3)11-18(25)5-4-8-23(12-18)16-10-19-6-7-20-16/h6-7,9-10,13,25H,4-5,8,11-12H2,1-3H3. The number of amides is 1. The highest BCUT2D eigenvalue weighted by atomic mass is 16.5. The van der Waals surface area contributed by atoms with Gasteiger partial charge in [-0.2, -0.15) is 0 Å². The Morgan fingerprint density at radius 1 is 1.46 bits per heavy atom. The second kappa shape index (κ2) is 7.41. The molecule has 1 aliphatic heterocycles. The van der Waals surface area contributed by atoms with Gasteiger partial charge in [-0.25, -0.2) is 4.98 Å². The van der Waals surface area contributed by atoms with E-state index >= 15 is 0 Å². The van der Waals surface area contributed by atoms with Gasteiger partial charge in [0.25, 0.3) is 5.91 Å². The molecule has 0 saturated carbocycles. The Bertz CT molecular complexity index is 748. The summed E-state index contributed by atoms with van der Waals surface area (Å²) in [6, 6.07) is 1.67. The van der Waals surface area contributed by atoms with Crippen LogP contribution in [-0.2, 0) is 0 Å². The van der Waals surface area contributed by atoms with Gasteiger partial charge in [0, 0.05) is 38.6 Å². The Balaban J connectivity index is 1.67. The zero-order chi connectivity index (χ0) is 18.7. The first-order chi connectivity index (χ1) is 12.4. The lowest BCUT2D eigenvalue weighted by atomic mass is 9.92. The molecule has 140 valence electrons. The number of anilines is 1. The third-order valence-corrected chi connectivity index (χ3v) is 4.64. The molecule has 1 amide bonds. The minimum atomic E-state index is -1.01. The zero-order valence-electron chi connectivity index (χ0n) is 15.4. The van der Waals surface area contributed by atoms with E-state index in [1.165, 1.54) is 4.90 Å². The van der Waals surface area contributed by atoms with Crippen molar-refractivity contribution in [2.75, 3.05) is 31.6 Å². The molecule has 0 radical (unpaired) electrons. The second-order valence-corrected chi connectivity index (χ2v) is 7.25. The average Bonchev–Trinajstić information content (AvgIpc) is 3.12. The number of carbonyl (C=O) groups is 1. The molecule has 0 aliphatic carbocycles. The van der Waals surface area contributed by atoms with Crippen LogP contribution in [-0.4, -0.2) is 63.3 Å². The van der Waals surface area contributed by atoms with E-state index in [1.54, 1.807) is 31.7 Å². The van der Waals surface area contributed by atoms with E-state index in [9.17, 15) is 9.90 Å². The molecule has 26 heavy (non-hydrogen) atoms. The molecule has 2 aromatic rings. The molecule has 3 rings (SSSR count). The van der Waals surface area contributed by atoms with Gasteiger partial charge < -0.3 is 19.4 Å². The molecular formula is C18H25N5O3. The number of aliphatic hydroxyl groups is 1. The predicted molar refractivity (Wildman–Crippen MR) is 96.0 cm³/mol. The van der Waals surface area contributed by atoms with E-state index in [-0.39, 0.29) is 24.1 Å². The first kappa shape index (κ1) is 18.3. The summed E-state index contributed by atoms with van der Waals surface area (Å²) >= 11 is 0. The summed E-state index contributed by atoms with van der Waals surface area (Å²) in [6.07, 6.45) is 6.37. The van der Waals surface area contributed by atoms with Gasteiger partial charge in [0.1, 0.15) is 5.82 Å². The lowest BCUT2D eigenvalue weighted by Gasteiger charge is -2.41. The molecule has 8 nitrogen and oxygen atoms in total. The van der Waals surface area contributed by atoms with Gasteiger partial charge in [-0.1, -0.05) is 19.0 Å². The highest BCUT2D eigenvalue weighted by molar-refractivity contribution is 5.91. The molecular weight excluding hydrogens is 334 g/mol. The lowest BCUT2D eigenvalue weighted by molar-refractivity contribution is -0.00107. The molecule has 1 saturated heterocycles. The summed E-state index contributed by atoms with van der Waals surface area (Å²) in [5.74, 6) is 0.834. The Labute approximate surface area is 152 Å². The third-order valence-electron chi connectivity index (χ3n) is 4.64. The van der Waals surface area contributed by atoms with Crippen LogP contribution in [0.3, 0.4) is 0 Å². The summed E-state index contributed by atoms with van der Waals surface area (Å²) in [6.45, 7) is 5.39. The van der Waals surface area contributed by atoms with Crippen molar-refractivity contribution in [1.82, 2.24) is 20.0 Å². The van der Waals surface area contributed by atoms with Crippen LogP contribution < -0.4 is 4.90 Å². The number of β-amino-alcohol motifs (C(OH)–C–C–N with tert-alkyl or cyclic N) is 1. The molecule has 2 aromatic heterocycles. The maximum absolute atomic E-state index is 12.6. The van der Waals surface area contributed by atoms with Crippen molar-refractivity contribution in [1.29, 1.82) is 0 Å². The fraction of sp³-hybridized carbons (Fsp3) is 0.556. The SMILES string of the molecule is CC(C)c1cc(C(=O)N(C)CC2(O)CCCN(c3cnccn3)C2)on1. The normalized spacial score (nSPS) is 20.4. The van der Waals surface area contributed by atoms with Gasteiger partial charge in [-0.15, -0.1) is 0 Å². The lowest BCUT2D eigenvalue weighted by Crippen LogP contribution is -2.54. The molecule has 8 heteroatoms. The minimum absolute atomic E-state index is 0.189. The van der Waals surface area contributed by atoms with Gasteiger partial charge in [0.2, 0.25) is 5.76 Å². The number of nitrogens with zero attached hydrogens (tertiary/aromatic N) is 5. The topological polar surface area (TPSA) is 95.6 Å². The Morgan fingerprint density at radius 3 is 2.92 bits per heavy atom. The van der Waals surface area contributed by atoms with E-state index in [4.69, 9.17) is 4.52 Å². The fourth-order valence-electron chi connectivity index (χ4n) is 3.25. The minimum Gasteiger partial charge on any atom is -0.386 e. The van der Waals surface area contributed by atoms with E-state index < -0.39 is 5.60 Å². The van der Waals surface area contributed by atoms with E-state index in [0.29, 0.717) is 13.0 Å². The average molecular weight is 359 g/mol. The number of hydrogen-bond donors (Lipinski definition) is 1. The number of piperidine rings is 1. The number of likely N-dealkylation sites (N-methyl/N-ethyl adjacent to an activating group) is 1. The molecule has 0 aromatic carbocycles. The second-order valence-electron chi connectivity index (χ2n) is 7.25. The van der Waals surface area contributed by atoms with Crippen molar-refractivity contribution in [3.8, 4) is 0 Å². The summed E-state index contributed by atoms with van der Waals surface area (Å²) in [4.78, 5) is 24.5. The zero-order valence-corrected chi connectivity index (χ0v) is 15.4. The van der Waals surface area contributed by atoms with Crippen LogP contribution in [0.2, 0.25) is 0 Å². The van der Waals surface area contributed by atoms with E-state index in [2.05, 4.69) is 15.1 Å². The summed E-state index contributed by atoms with van der Waals surface area (Å²) < 4.78 is 5.17. The van der Waals surface area contributed by atoms with Crippen molar-refractivity contribution in [3.63, 3.8) is 0 Å². The smallest absolute Gasteiger partial charge is 0.292 e. The molecule has 1 unspecified atom stereocenters. The van der Waals surface area contributed by atoms with Crippen LogP contribution in [0.4, 0.5) is 5.82 Å². The monoisotopic (exact) mass is 359 g/mol. The number of carbonyl (C=O) groups excluding carboxylic acids is 1. The number of hydrogen-bond acceptors (Lipinski definition) is 7. The van der Waals surface area contributed by atoms with Gasteiger partial charge in [-0.05, 0) is 18.8 Å². The summed E-state index contributed by atoms with van der Waals surface area (Å²) in [5.41, 5.74) is -0.270. The Hall–Kier alpha value is -2.48. The van der Waals surface area contributed by atoms with Crippen molar-refractivity contribution in [3.05, 3.63) is 36.1 Å². The Morgan fingerprint density at radius 2 is 2.27 bits per heavy atom. The van der Waals surface area contributed by atoms with Crippen molar-refractivity contribution < 1.29 is 14.4 Å². The molecule has 1 atom stereocenters. The van der Waals surface area contributed by atoms with E-state index in [0.717, 1.165) is 24.5 Å². The summed E-state index contributed by atoms with van der Waals surface area (Å²) in [7, 11) is 1.67. The van der Waals surface area contributed by atoms with Gasteiger partial charge in [0.05, 0.1) is 24.0 Å². The van der Waals surface area contributed by atoms with Crippen LogP contribution in [0.15, 0.2) is 29.2 Å². The molecule has 1 N–H and O–H groups in total. The summed E-state index contributed by atoms with van der Waals surface area (Å²) in [5, 5.41) is 15.0. The van der Waals surface area contributed by atoms with Crippen LogP contribution >= 0.6 is 0 Å². The quantitative estimate of drug-likeness (QED) is 0.868. The van der Waals surface area contributed by atoms with Crippen molar-refractivity contribution >= 4 is 11.7 Å². The Kier molecular flexibility index (Phi) is 5.22. The van der Waals surface area contributed by atoms with Gasteiger partial charge in [-0.3, -0.25) is 9.78 Å². The highest BCUT2D eigenvalue weighted by Crippen LogP contribution is 2.26. The first-order valence-electron chi connectivity index (χ1n) is 8.83. The number of aromatic nitrogens is 3. The molecule has 1 fully saturated rings. The fourth-order valence-corrected chi connectivity index (χ4v) is 3.25.